The summed E-state index contributed by atoms with van der Waals surface area (Å²) in [5.41, 5.74) is 0.669. The van der Waals surface area contributed by atoms with Crippen LogP contribution in [-0.4, -0.2) is 37.6 Å². The van der Waals surface area contributed by atoms with Gasteiger partial charge in [0.1, 0.15) is 5.03 Å². The van der Waals surface area contributed by atoms with Gasteiger partial charge in [-0.3, -0.25) is 4.79 Å². The molecule has 0 saturated heterocycles. The summed E-state index contributed by atoms with van der Waals surface area (Å²) in [7, 11) is 3.00. The molecular weight excluding hydrogens is 390 g/mol. The topological polar surface area (TPSA) is 74.7 Å². The van der Waals surface area contributed by atoms with E-state index < -0.39 is 12.6 Å². The van der Waals surface area contributed by atoms with E-state index in [1.54, 1.807) is 36.5 Å². The van der Waals surface area contributed by atoms with Crippen LogP contribution in [-0.2, 0) is 4.74 Å². The van der Waals surface area contributed by atoms with Crippen LogP contribution in [0.4, 0.5) is 0 Å². The zero-order valence-corrected chi connectivity index (χ0v) is 16.8. The monoisotopic (exact) mass is 409 g/mol. The molecule has 148 valence electrons. The van der Waals surface area contributed by atoms with E-state index in [1.165, 1.54) is 26.0 Å². The first kappa shape index (κ1) is 20.4. The summed E-state index contributed by atoms with van der Waals surface area (Å²) in [5, 5.41) is 0.516. The van der Waals surface area contributed by atoms with E-state index in [4.69, 9.17) is 14.2 Å². The molecule has 0 fully saturated rings. The van der Waals surface area contributed by atoms with E-state index in [0.717, 1.165) is 4.90 Å². The molecule has 7 heteroatoms. The summed E-state index contributed by atoms with van der Waals surface area (Å²) in [6.07, 6.45) is 1.61. The highest BCUT2D eigenvalue weighted by atomic mass is 32.2. The van der Waals surface area contributed by atoms with Crippen LogP contribution in [0.2, 0.25) is 0 Å². The molecule has 0 saturated carbocycles. The number of rotatable bonds is 8. The van der Waals surface area contributed by atoms with Crippen LogP contribution in [0.15, 0.2) is 76.8 Å². The standard InChI is InChI=1S/C22H19NO5S/c1-26-19-11-10-15(13-20(19)27-2)18(24)14-28-22(25)17-9-6-12-23-21(17)29-16-7-4-3-5-8-16/h3-13H,14H2,1-2H3. The second kappa shape index (κ2) is 9.75. The number of nitrogens with zero attached hydrogens (tertiary/aromatic N) is 1. The van der Waals surface area contributed by atoms with E-state index in [9.17, 15) is 9.59 Å². The van der Waals surface area contributed by atoms with Gasteiger partial charge in [0.2, 0.25) is 0 Å². The van der Waals surface area contributed by atoms with Gasteiger partial charge in [0.25, 0.3) is 0 Å². The minimum absolute atomic E-state index is 0.307. The normalized spacial score (nSPS) is 10.3. The third kappa shape index (κ3) is 5.14. The molecule has 0 radical (unpaired) electrons. The van der Waals surface area contributed by atoms with Crippen molar-refractivity contribution in [3.8, 4) is 11.5 Å². The second-order valence-electron chi connectivity index (χ2n) is 5.84. The van der Waals surface area contributed by atoms with Crippen molar-refractivity contribution in [3.63, 3.8) is 0 Å². The van der Waals surface area contributed by atoms with Crippen molar-refractivity contribution in [1.29, 1.82) is 0 Å². The molecule has 0 amide bonds. The fourth-order valence-electron chi connectivity index (χ4n) is 2.53. The highest BCUT2D eigenvalue weighted by molar-refractivity contribution is 7.99. The fraction of sp³-hybridized carbons (Fsp3) is 0.136. The number of Topliss-reactive ketones (excluding diaryl/α,β-unsaturated/α-hetero) is 1. The van der Waals surface area contributed by atoms with Crippen molar-refractivity contribution in [1.82, 2.24) is 4.98 Å². The van der Waals surface area contributed by atoms with Gasteiger partial charge in [-0.2, -0.15) is 0 Å². The lowest BCUT2D eigenvalue weighted by Gasteiger charge is -2.10. The quantitative estimate of drug-likeness (QED) is 0.406. The van der Waals surface area contributed by atoms with E-state index in [-0.39, 0.29) is 5.78 Å². The molecule has 3 aromatic rings. The van der Waals surface area contributed by atoms with Crippen LogP contribution < -0.4 is 9.47 Å². The van der Waals surface area contributed by atoms with Crippen molar-refractivity contribution < 1.29 is 23.8 Å². The average Bonchev–Trinajstić information content (AvgIpc) is 2.77. The molecule has 6 nitrogen and oxygen atoms in total. The summed E-state index contributed by atoms with van der Waals surface area (Å²) in [4.78, 5) is 30.2. The average molecular weight is 409 g/mol. The predicted molar refractivity (Wildman–Crippen MR) is 109 cm³/mol. The van der Waals surface area contributed by atoms with Crippen molar-refractivity contribution >= 4 is 23.5 Å². The van der Waals surface area contributed by atoms with Gasteiger partial charge in [-0.15, -0.1) is 0 Å². The third-order valence-corrected chi connectivity index (χ3v) is 5.02. The van der Waals surface area contributed by atoms with Crippen molar-refractivity contribution in [2.24, 2.45) is 0 Å². The van der Waals surface area contributed by atoms with Gasteiger partial charge in [-0.25, -0.2) is 9.78 Å². The summed E-state index contributed by atoms with van der Waals surface area (Å²) >= 11 is 1.35. The fourth-order valence-corrected chi connectivity index (χ4v) is 3.42. The van der Waals surface area contributed by atoms with Gasteiger partial charge in [-0.1, -0.05) is 30.0 Å². The summed E-state index contributed by atoms with van der Waals surface area (Å²) < 4.78 is 15.6. The number of carbonyl (C=O) groups excluding carboxylic acids is 2. The Hall–Kier alpha value is -3.32. The van der Waals surface area contributed by atoms with Crippen molar-refractivity contribution in [2.75, 3.05) is 20.8 Å². The number of methoxy groups -OCH3 is 2. The number of benzene rings is 2. The third-order valence-electron chi connectivity index (χ3n) is 3.99. The number of hydrogen-bond donors (Lipinski definition) is 0. The molecule has 0 aliphatic carbocycles. The molecule has 3 rings (SSSR count). The Morgan fingerprint density at radius 2 is 1.69 bits per heavy atom. The van der Waals surface area contributed by atoms with Crippen LogP contribution in [0.1, 0.15) is 20.7 Å². The first-order valence-corrected chi connectivity index (χ1v) is 9.54. The first-order valence-electron chi connectivity index (χ1n) is 8.72. The Morgan fingerprint density at radius 3 is 2.41 bits per heavy atom. The lowest BCUT2D eigenvalue weighted by molar-refractivity contribution is 0.0470. The van der Waals surface area contributed by atoms with Crippen molar-refractivity contribution in [2.45, 2.75) is 9.92 Å². The Labute approximate surface area is 172 Å². The van der Waals surface area contributed by atoms with Crippen LogP contribution in [0.25, 0.3) is 0 Å². The van der Waals surface area contributed by atoms with Gasteiger partial charge in [0.05, 0.1) is 19.8 Å². The summed E-state index contributed by atoms with van der Waals surface area (Å²) in [5.74, 6) is -0.0109. The lowest BCUT2D eigenvalue weighted by Crippen LogP contribution is -2.15. The highest BCUT2D eigenvalue weighted by Crippen LogP contribution is 2.29. The Morgan fingerprint density at radius 1 is 0.931 bits per heavy atom. The Kier molecular flexibility index (Phi) is 6.86. The van der Waals surface area contributed by atoms with Crippen LogP contribution in [0.5, 0.6) is 11.5 Å². The Balaban J connectivity index is 1.69. The van der Waals surface area contributed by atoms with E-state index in [1.807, 2.05) is 30.3 Å². The van der Waals surface area contributed by atoms with E-state index in [0.29, 0.717) is 27.7 Å². The SMILES string of the molecule is COc1ccc(C(=O)COC(=O)c2cccnc2Sc2ccccc2)cc1OC. The number of pyridine rings is 1. The zero-order valence-electron chi connectivity index (χ0n) is 16.0. The van der Waals surface area contributed by atoms with Crippen molar-refractivity contribution in [3.05, 3.63) is 78.0 Å². The number of ketones is 1. The zero-order chi connectivity index (χ0) is 20.6. The van der Waals surface area contributed by atoms with E-state index >= 15 is 0 Å². The van der Waals surface area contributed by atoms with Gasteiger partial charge in [-0.05, 0) is 42.5 Å². The van der Waals surface area contributed by atoms with Crippen LogP contribution >= 0.6 is 11.8 Å². The minimum Gasteiger partial charge on any atom is -0.493 e. The molecular formula is C22H19NO5S. The maximum absolute atomic E-state index is 12.5. The van der Waals surface area contributed by atoms with E-state index in [2.05, 4.69) is 4.98 Å². The molecule has 2 aromatic carbocycles. The molecule has 29 heavy (non-hydrogen) atoms. The number of carbonyl (C=O) groups is 2. The molecule has 0 N–H and O–H groups in total. The molecule has 0 atom stereocenters. The van der Waals surface area contributed by atoms with Crippen LogP contribution in [0.3, 0.4) is 0 Å². The second-order valence-corrected chi connectivity index (χ2v) is 6.90. The molecule has 0 aliphatic rings. The summed E-state index contributed by atoms with van der Waals surface area (Å²) in [6, 6.07) is 17.6. The maximum atomic E-state index is 12.5. The summed E-state index contributed by atoms with van der Waals surface area (Å²) in [6.45, 7) is -0.390. The van der Waals surface area contributed by atoms with Crippen LogP contribution in [0, 0.1) is 0 Å². The molecule has 1 aromatic heterocycles. The van der Waals surface area contributed by atoms with Gasteiger partial charge in [0.15, 0.2) is 23.9 Å². The minimum atomic E-state index is -0.606. The van der Waals surface area contributed by atoms with Gasteiger partial charge < -0.3 is 14.2 Å². The number of esters is 1. The largest absolute Gasteiger partial charge is 0.493 e. The maximum Gasteiger partial charge on any atom is 0.341 e. The number of hydrogen-bond acceptors (Lipinski definition) is 7. The molecule has 0 bridgehead atoms. The molecule has 0 unspecified atom stereocenters. The lowest BCUT2D eigenvalue weighted by atomic mass is 10.1. The Bertz CT molecular complexity index is 1010. The highest BCUT2D eigenvalue weighted by Gasteiger charge is 2.18. The predicted octanol–water partition coefficient (Wildman–Crippen LogP) is 4.29. The van der Waals surface area contributed by atoms with Gasteiger partial charge in [0, 0.05) is 16.7 Å². The number of aromatic nitrogens is 1. The molecule has 0 aliphatic heterocycles. The molecule has 1 heterocycles. The van der Waals surface area contributed by atoms with Gasteiger partial charge >= 0.3 is 5.97 Å². The molecule has 0 spiro atoms. The number of ether oxygens (including phenoxy) is 3. The first-order chi connectivity index (χ1) is 14.1. The smallest absolute Gasteiger partial charge is 0.341 e.